The maximum atomic E-state index is 4.33. The van der Waals surface area contributed by atoms with Crippen LogP contribution in [0.5, 0.6) is 0 Å². The summed E-state index contributed by atoms with van der Waals surface area (Å²) in [6.45, 7) is 16.3. The Labute approximate surface area is 89.6 Å². The van der Waals surface area contributed by atoms with Crippen LogP contribution in [-0.2, 0) is 0 Å². The monoisotopic (exact) mass is 195 g/mol. The molecule has 0 bridgehead atoms. The van der Waals surface area contributed by atoms with Crippen LogP contribution in [0.2, 0.25) is 0 Å². The molecule has 82 valence electrons. The van der Waals surface area contributed by atoms with E-state index in [0.717, 1.165) is 11.4 Å². The molecule has 0 aliphatic heterocycles. The van der Waals surface area contributed by atoms with Gasteiger partial charge in [0.2, 0.25) is 0 Å². The molecule has 0 radical (unpaired) electrons. The molecule has 1 heterocycles. The number of aryl methyl sites for hydroxylation is 3. The highest BCUT2D eigenvalue weighted by molar-refractivity contribution is 5.29. The normalized spacial score (nSPS) is 8.00. The summed E-state index contributed by atoms with van der Waals surface area (Å²) in [5.74, 6) is 0. The van der Waals surface area contributed by atoms with Crippen molar-refractivity contribution in [3.05, 3.63) is 28.6 Å². The van der Waals surface area contributed by atoms with Crippen LogP contribution in [-0.4, -0.2) is 4.98 Å². The standard InChI is InChI=1S/C9H13N.2C2H6/c1-6-5-7(2)10-9(4)8(6)3;2*1-2/h5H,1-4H3;2*1-2H3. The lowest BCUT2D eigenvalue weighted by atomic mass is 10.1. The van der Waals surface area contributed by atoms with Gasteiger partial charge in [-0.25, -0.2) is 0 Å². The van der Waals surface area contributed by atoms with Crippen molar-refractivity contribution in [2.75, 3.05) is 0 Å². The molecule has 0 aromatic carbocycles. The van der Waals surface area contributed by atoms with E-state index in [1.54, 1.807) is 0 Å². The van der Waals surface area contributed by atoms with E-state index in [9.17, 15) is 0 Å². The lowest BCUT2D eigenvalue weighted by Gasteiger charge is -2.03. The molecule has 0 saturated heterocycles. The van der Waals surface area contributed by atoms with Crippen LogP contribution in [0.15, 0.2) is 6.07 Å². The third kappa shape index (κ3) is 5.00. The topological polar surface area (TPSA) is 12.9 Å². The van der Waals surface area contributed by atoms with Gasteiger partial charge in [-0.2, -0.15) is 0 Å². The summed E-state index contributed by atoms with van der Waals surface area (Å²) in [5, 5.41) is 0. The van der Waals surface area contributed by atoms with Crippen LogP contribution >= 0.6 is 0 Å². The van der Waals surface area contributed by atoms with Crippen LogP contribution < -0.4 is 0 Å². The van der Waals surface area contributed by atoms with Gasteiger partial charge < -0.3 is 0 Å². The minimum absolute atomic E-state index is 1.11. The molecule has 0 unspecified atom stereocenters. The summed E-state index contributed by atoms with van der Waals surface area (Å²) >= 11 is 0. The van der Waals surface area contributed by atoms with Gasteiger partial charge in [-0.05, 0) is 44.9 Å². The van der Waals surface area contributed by atoms with Gasteiger partial charge in [-0.15, -0.1) is 0 Å². The Kier molecular flexibility index (Phi) is 9.74. The highest BCUT2D eigenvalue weighted by Crippen LogP contribution is 2.10. The van der Waals surface area contributed by atoms with E-state index < -0.39 is 0 Å². The Morgan fingerprint density at radius 2 is 1.29 bits per heavy atom. The maximum absolute atomic E-state index is 4.33. The minimum Gasteiger partial charge on any atom is -0.258 e. The Hall–Kier alpha value is -0.850. The molecule has 0 spiro atoms. The summed E-state index contributed by atoms with van der Waals surface area (Å²) in [6.07, 6.45) is 0. The van der Waals surface area contributed by atoms with E-state index in [4.69, 9.17) is 0 Å². The van der Waals surface area contributed by atoms with Crippen molar-refractivity contribution in [2.24, 2.45) is 0 Å². The molecule has 1 aromatic heterocycles. The molecule has 0 saturated carbocycles. The zero-order valence-corrected chi connectivity index (χ0v) is 11.0. The summed E-state index contributed by atoms with van der Waals surface area (Å²) < 4.78 is 0. The molecule has 1 nitrogen and oxygen atoms in total. The number of hydrogen-bond acceptors (Lipinski definition) is 1. The van der Waals surface area contributed by atoms with Gasteiger partial charge >= 0.3 is 0 Å². The number of nitrogens with zero attached hydrogens (tertiary/aromatic N) is 1. The largest absolute Gasteiger partial charge is 0.258 e. The van der Waals surface area contributed by atoms with Gasteiger partial charge in [0, 0.05) is 11.4 Å². The summed E-state index contributed by atoms with van der Waals surface area (Å²) in [4.78, 5) is 4.33. The molecule has 0 fully saturated rings. The van der Waals surface area contributed by atoms with Crippen molar-refractivity contribution < 1.29 is 0 Å². The Morgan fingerprint density at radius 1 is 0.857 bits per heavy atom. The first-order chi connectivity index (χ1) is 6.61. The second kappa shape index (κ2) is 8.74. The van der Waals surface area contributed by atoms with Crippen molar-refractivity contribution in [3.8, 4) is 0 Å². The van der Waals surface area contributed by atoms with Gasteiger partial charge in [0.15, 0.2) is 0 Å². The van der Waals surface area contributed by atoms with E-state index in [1.807, 2.05) is 34.6 Å². The number of hydrogen-bond donors (Lipinski definition) is 0. The highest BCUT2D eigenvalue weighted by Gasteiger charge is 1.97. The van der Waals surface area contributed by atoms with Crippen LogP contribution in [0, 0.1) is 27.7 Å². The van der Waals surface area contributed by atoms with Crippen LogP contribution in [0.4, 0.5) is 0 Å². The second-order valence-electron chi connectivity index (χ2n) is 2.79. The van der Waals surface area contributed by atoms with Crippen molar-refractivity contribution in [3.63, 3.8) is 0 Å². The third-order valence-corrected chi connectivity index (χ3v) is 1.90. The molecule has 0 amide bonds. The maximum Gasteiger partial charge on any atom is 0.0407 e. The van der Waals surface area contributed by atoms with Crippen LogP contribution in [0.1, 0.15) is 50.2 Å². The third-order valence-electron chi connectivity index (χ3n) is 1.90. The molecule has 0 aliphatic carbocycles. The molecule has 0 aliphatic rings. The van der Waals surface area contributed by atoms with E-state index in [1.165, 1.54) is 11.1 Å². The van der Waals surface area contributed by atoms with Crippen molar-refractivity contribution >= 4 is 0 Å². The molecular formula is C13H25N. The van der Waals surface area contributed by atoms with E-state index in [2.05, 4.69) is 31.8 Å². The first kappa shape index (κ1) is 15.6. The number of rotatable bonds is 0. The highest BCUT2D eigenvalue weighted by atomic mass is 14.7. The lowest BCUT2D eigenvalue weighted by molar-refractivity contribution is 1.07. The second-order valence-corrected chi connectivity index (χ2v) is 2.79. The Balaban J connectivity index is 0. The van der Waals surface area contributed by atoms with E-state index >= 15 is 0 Å². The molecule has 1 heteroatoms. The van der Waals surface area contributed by atoms with Gasteiger partial charge in [0.25, 0.3) is 0 Å². The van der Waals surface area contributed by atoms with E-state index in [0.29, 0.717) is 0 Å². The fraction of sp³-hybridized carbons (Fsp3) is 0.615. The predicted octanol–water partition coefficient (Wildman–Crippen LogP) is 4.37. The summed E-state index contributed by atoms with van der Waals surface area (Å²) in [6, 6.07) is 2.11. The van der Waals surface area contributed by atoms with E-state index in [-0.39, 0.29) is 0 Å². The lowest BCUT2D eigenvalue weighted by Crippen LogP contribution is -1.92. The summed E-state index contributed by atoms with van der Waals surface area (Å²) in [7, 11) is 0. The average molecular weight is 195 g/mol. The van der Waals surface area contributed by atoms with Gasteiger partial charge in [0.1, 0.15) is 0 Å². The first-order valence-corrected chi connectivity index (χ1v) is 5.52. The van der Waals surface area contributed by atoms with Gasteiger partial charge in [-0.3, -0.25) is 4.98 Å². The van der Waals surface area contributed by atoms with Gasteiger partial charge in [0.05, 0.1) is 0 Å². The van der Waals surface area contributed by atoms with Crippen molar-refractivity contribution in [1.29, 1.82) is 0 Å². The molecule has 14 heavy (non-hydrogen) atoms. The fourth-order valence-corrected chi connectivity index (χ4v) is 1.09. The molecule has 1 aromatic rings. The predicted molar refractivity (Wildman–Crippen MR) is 65.9 cm³/mol. The Bertz CT molecular complexity index is 228. The van der Waals surface area contributed by atoms with Gasteiger partial charge in [-0.1, -0.05) is 27.7 Å². The molecule has 0 atom stereocenters. The van der Waals surface area contributed by atoms with Crippen molar-refractivity contribution in [1.82, 2.24) is 4.98 Å². The zero-order valence-electron chi connectivity index (χ0n) is 11.0. The quantitative estimate of drug-likeness (QED) is 0.599. The molecular weight excluding hydrogens is 170 g/mol. The SMILES string of the molecule is CC.CC.Cc1cc(C)c(C)c(C)n1. The molecule has 0 N–H and O–H groups in total. The zero-order chi connectivity index (χ0) is 11.7. The average Bonchev–Trinajstić information content (AvgIpc) is 2.20. The fourth-order valence-electron chi connectivity index (χ4n) is 1.09. The smallest absolute Gasteiger partial charge is 0.0407 e. The Morgan fingerprint density at radius 3 is 1.64 bits per heavy atom. The molecule has 1 rings (SSSR count). The first-order valence-electron chi connectivity index (χ1n) is 5.52. The number of pyridine rings is 1. The van der Waals surface area contributed by atoms with Crippen LogP contribution in [0.25, 0.3) is 0 Å². The van der Waals surface area contributed by atoms with Crippen molar-refractivity contribution in [2.45, 2.75) is 55.4 Å². The summed E-state index contributed by atoms with van der Waals surface area (Å²) in [5.41, 5.74) is 4.91. The minimum atomic E-state index is 1.11. The number of aromatic nitrogens is 1. The van der Waals surface area contributed by atoms with Crippen LogP contribution in [0.3, 0.4) is 0 Å².